The van der Waals surface area contributed by atoms with Crippen LogP contribution in [0.2, 0.25) is 5.02 Å². The molecule has 4 aromatic rings. The Morgan fingerprint density at radius 2 is 2.04 bits per heavy atom. The van der Waals surface area contributed by atoms with Gasteiger partial charge in [0.15, 0.2) is 4.34 Å². The van der Waals surface area contributed by atoms with E-state index in [4.69, 9.17) is 17.3 Å². The highest BCUT2D eigenvalue weighted by Gasteiger charge is 2.13. The SMILES string of the molecule is Nc1nnc(SCc2nc3scc(-c4ccc(Cl)cc4)c3c(=O)[nH]2)s1. The van der Waals surface area contributed by atoms with E-state index in [2.05, 4.69) is 20.2 Å². The van der Waals surface area contributed by atoms with Crippen LogP contribution in [0.4, 0.5) is 5.13 Å². The number of H-pyrrole nitrogens is 1. The zero-order valence-electron chi connectivity index (χ0n) is 12.5. The number of hydrogen-bond donors (Lipinski definition) is 2. The first-order valence-electron chi connectivity index (χ1n) is 7.08. The summed E-state index contributed by atoms with van der Waals surface area (Å²) >= 11 is 10.1. The first-order valence-corrected chi connectivity index (χ1v) is 10.1. The van der Waals surface area contributed by atoms with E-state index in [0.29, 0.717) is 31.9 Å². The molecule has 0 spiro atoms. The smallest absolute Gasteiger partial charge is 0.260 e. The van der Waals surface area contributed by atoms with Gasteiger partial charge >= 0.3 is 0 Å². The molecule has 0 bridgehead atoms. The van der Waals surface area contributed by atoms with Gasteiger partial charge in [-0.05, 0) is 17.7 Å². The average molecular weight is 408 g/mol. The van der Waals surface area contributed by atoms with Crippen LogP contribution in [0, 0.1) is 0 Å². The van der Waals surface area contributed by atoms with Gasteiger partial charge in [0, 0.05) is 16.0 Å². The van der Waals surface area contributed by atoms with Crippen molar-refractivity contribution in [2.45, 2.75) is 10.1 Å². The first kappa shape index (κ1) is 16.5. The normalized spacial score (nSPS) is 11.2. The Bertz CT molecular complexity index is 1100. The van der Waals surface area contributed by atoms with E-state index in [1.165, 1.54) is 34.4 Å². The lowest BCUT2D eigenvalue weighted by molar-refractivity contribution is 1.01. The average Bonchev–Trinajstić information content (AvgIpc) is 3.20. The Labute approximate surface area is 159 Å². The van der Waals surface area contributed by atoms with Crippen molar-refractivity contribution in [3.05, 3.63) is 50.8 Å². The molecule has 4 rings (SSSR count). The van der Waals surface area contributed by atoms with E-state index < -0.39 is 0 Å². The summed E-state index contributed by atoms with van der Waals surface area (Å²) in [6.45, 7) is 0. The van der Waals surface area contributed by atoms with Crippen LogP contribution in [-0.2, 0) is 5.75 Å². The van der Waals surface area contributed by atoms with Crippen LogP contribution >= 0.6 is 46.0 Å². The lowest BCUT2D eigenvalue weighted by Gasteiger charge is -2.01. The molecule has 0 unspecified atom stereocenters. The molecule has 3 aromatic heterocycles. The fourth-order valence-electron chi connectivity index (χ4n) is 2.31. The van der Waals surface area contributed by atoms with Gasteiger partial charge in [0.25, 0.3) is 5.56 Å². The number of aromatic nitrogens is 4. The van der Waals surface area contributed by atoms with E-state index in [9.17, 15) is 4.79 Å². The zero-order chi connectivity index (χ0) is 17.4. The van der Waals surface area contributed by atoms with Crippen LogP contribution in [0.1, 0.15) is 5.82 Å². The second-order valence-electron chi connectivity index (χ2n) is 5.04. The monoisotopic (exact) mass is 407 g/mol. The molecule has 10 heteroatoms. The molecule has 0 saturated heterocycles. The van der Waals surface area contributed by atoms with E-state index in [1.807, 2.05) is 17.5 Å². The third kappa shape index (κ3) is 3.40. The van der Waals surface area contributed by atoms with Crippen molar-refractivity contribution in [3.8, 4) is 11.1 Å². The van der Waals surface area contributed by atoms with Gasteiger partial charge in [0.05, 0.1) is 11.1 Å². The maximum absolute atomic E-state index is 12.6. The molecule has 3 heterocycles. The third-order valence-corrected chi connectivity index (χ3v) is 6.42. The number of fused-ring (bicyclic) bond motifs is 1. The Kier molecular flexibility index (Phi) is 4.46. The van der Waals surface area contributed by atoms with Crippen molar-refractivity contribution >= 4 is 61.4 Å². The van der Waals surface area contributed by atoms with Gasteiger partial charge in [0.2, 0.25) is 5.13 Å². The van der Waals surface area contributed by atoms with E-state index in [-0.39, 0.29) is 5.56 Å². The van der Waals surface area contributed by atoms with Crippen molar-refractivity contribution in [1.82, 2.24) is 20.2 Å². The fraction of sp³-hybridized carbons (Fsp3) is 0.0667. The van der Waals surface area contributed by atoms with Gasteiger partial charge in [-0.25, -0.2) is 4.98 Å². The Morgan fingerprint density at radius 1 is 1.24 bits per heavy atom. The van der Waals surface area contributed by atoms with Crippen LogP contribution in [0.15, 0.2) is 38.8 Å². The highest BCUT2D eigenvalue weighted by atomic mass is 35.5. The number of nitrogens with one attached hydrogen (secondary N) is 1. The fourth-order valence-corrected chi connectivity index (χ4v) is 4.91. The van der Waals surface area contributed by atoms with Gasteiger partial charge in [-0.2, -0.15) is 0 Å². The van der Waals surface area contributed by atoms with Crippen LogP contribution in [0.5, 0.6) is 0 Å². The molecular formula is C15H10ClN5OS3. The molecule has 0 atom stereocenters. The van der Waals surface area contributed by atoms with Crippen molar-refractivity contribution in [1.29, 1.82) is 0 Å². The summed E-state index contributed by atoms with van der Waals surface area (Å²) in [5, 5.41) is 11.3. The highest BCUT2D eigenvalue weighted by molar-refractivity contribution is 8.00. The summed E-state index contributed by atoms with van der Waals surface area (Å²) < 4.78 is 0.744. The minimum atomic E-state index is -0.149. The molecule has 0 fully saturated rings. The van der Waals surface area contributed by atoms with Gasteiger partial charge < -0.3 is 10.7 Å². The number of aromatic amines is 1. The standard InChI is InChI=1S/C15H10ClN5OS3/c16-8-3-1-7(2-4-8)9-5-23-13-11(9)12(22)18-10(19-13)6-24-15-21-20-14(17)25-15/h1-5H,6H2,(H2,17,20)(H,18,19,22). The second kappa shape index (κ2) is 6.75. The Balaban J connectivity index is 1.67. The molecule has 0 aliphatic carbocycles. The maximum Gasteiger partial charge on any atom is 0.260 e. The summed E-state index contributed by atoms with van der Waals surface area (Å²) in [4.78, 5) is 20.7. The summed E-state index contributed by atoms with van der Waals surface area (Å²) in [7, 11) is 0. The van der Waals surface area contributed by atoms with Crippen LogP contribution in [-0.4, -0.2) is 20.2 Å². The molecule has 0 saturated carbocycles. The summed E-state index contributed by atoms with van der Waals surface area (Å²) in [6.07, 6.45) is 0. The number of benzene rings is 1. The molecule has 6 nitrogen and oxygen atoms in total. The number of thiophene rings is 1. The Morgan fingerprint density at radius 3 is 2.76 bits per heavy atom. The minimum absolute atomic E-state index is 0.149. The van der Waals surface area contributed by atoms with E-state index in [1.54, 1.807) is 12.1 Å². The van der Waals surface area contributed by atoms with Gasteiger partial charge in [-0.1, -0.05) is 46.8 Å². The number of rotatable bonds is 4. The van der Waals surface area contributed by atoms with Gasteiger partial charge in [-0.15, -0.1) is 21.5 Å². The van der Waals surface area contributed by atoms with Crippen LogP contribution in [0.25, 0.3) is 21.3 Å². The number of nitrogens with zero attached hydrogens (tertiary/aromatic N) is 3. The van der Waals surface area contributed by atoms with Crippen molar-refractivity contribution in [2.75, 3.05) is 5.73 Å². The highest BCUT2D eigenvalue weighted by Crippen LogP contribution is 2.32. The van der Waals surface area contributed by atoms with Crippen molar-refractivity contribution in [2.24, 2.45) is 0 Å². The predicted molar refractivity (Wildman–Crippen MR) is 105 cm³/mol. The summed E-state index contributed by atoms with van der Waals surface area (Å²) in [6, 6.07) is 7.40. The molecule has 1 aromatic carbocycles. The maximum atomic E-state index is 12.6. The number of nitrogens with two attached hydrogens (primary N) is 1. The largest absolute Gasteiger partial charge is 0.374 e. The molecular weight excluding hydrogens is 398 g/mol. The minimum Gasteiger partial charge on any atom is -0.374 e. The summed E-state index contributed by atoms with van der Waals surface area (Å²) in [5.41, 5.74) is 7.22. The van der Waals surface area contributed by atoms with Gasteiger partial charge in [-0.3, -0.25) is 4.79 Å². The topological polar surface area (TPSA) is 97.5 Å². The molecule has 0 radical (unpaired) electrons. The molecule has 0 amide bonds. The number of nitrogen functional groups attached to an aromatic ring is 1. The quantitative estimate of drug-likeness (QED) is 0.495. The number of halogens is 1. The van der Waals surface area contributed by atoms with E-state index in [0.717, 1.165) is 15.5 Å². The van der Waals surface area contributed by atoms with Crippen LogP contribution < -0.4 is 11.3 Å². The lowest BCUT2D eigenvalue weighted by Crippen LogP contribution is -2.10. The molecule has 3 N–H and O–H groups in total. The van der Waals surface area contributed by atoms with Crippen LogP contribution in [0.3, 0.4) is 0 Å². The first-order chi connectivity index (χ1) is 12.1. The molecule has 126 valence electrons. The van der Waals surface area contributed by atoms with Crippen molar-refractivity contribution in [3.63, 3.8) is 0 Å². The number of anilines is 1. The molecule has 0 aliphatic rings. The Hall–Kier alpha value is -1.94. The molecule has 0 aliphatic heterocycles. The van der Waals surface area contributed by atoms with Gasteiger partial charge in [0.1, 0.15) is 10.7 Å². The zero-order valence-corrected chi connectivity index (χ0v) is 15.7. The number of hydrogen-bond acceptors (Lipinski definition) is 8. The second-order valence-corrected chi connectivity index (χ2v) is 8.57. The molecule has 25 heavy (non-hydrogen) atoms. The number of thioether (sulfide) groups is 1. The van der Waals surface area contributed by atoms with Crippen molar-refractivity contribution < 1.29 is 0 Å². The predicted octanol–water partition coefficient (Wildman–Crippen LogP) is 4.03. The van der Waals surface area contributed by atoms with E-state index >= 15 is 0 Å². The third-order valence-electron chi connectivity index (χ3n) is 3.40. The summed E-state index contributed by atoms with van der Waals surface area (Å²) in [5.74, 6) is 1.09. The lowest BCUT2D eigenvalue weighted by atomic mass is 10.1.